The van der Waals surface area contributed by atoms with Gasteiger partial charge < -0.3 is 24.9 Å². The Labute approximate surface area is 143 Å². The molecular weight excluding hydrogens is 331 g/mol. The van der Waals surface area contributed by atoms with Crippen molar-refractivity contribution < 1.29 is 29.5 Å². The van der Waals surface area contributed by atoms with E-state index in [0.717, 1.165) is 0 Å². The van der Waals surface area contributed by atoms with E-state index in [0.29, 0.717) is 18.6 Å². The number of benzene rings is 1. The second kappa shape index (κ2) is 10.9. The van der Waals surface area contributed by atoms with Crippen molar-refractivity contribution in [2.45, 2.75) is 31.5 Å². The molecule has 4 atom stereocenters. The number of hydrogen-bond acceptors (Lipinski definition) is 5. The van der Waals surface area contributed by atoms with E-state index in [2.05, 4.69) is 0 Å². The SMILES string of the molecule is CP(=O)(O)CC([CH]C(O)CCO)CCC(O)COc1ccccc1. The number of ether oxygens (including phenoxy) is 1. The van der Waals surface area contributed by atoms with Crippen LogP contribution in [0, 0.1) is 12.3 Å². The van der Waals surface area contributed by atoms with Gasteiger partial charge in [0.1, 0.15) is 12.4 Å². The molecule has 0 aromatic heterocycles. The van der Waals surface area contributed by atoms with Gasteiger partial charge in [0.05, 0.1) is 12.2 Å². The van der Waals surface area contributed by atoms with E-state index in [-0.39, 0.29) is 31.7 Å². The molecule has 137 valence electrons. The van der Waals surface area contributed by atoms with Crippen LogP contribution >= 0.6 is 7.37 Å². The summed E-state index contributed by atoms with van der Waals surface area (Å²) in [5.41, 5.74) is 0. The van der Waals surface area contributed by atoms with Gasteiger partial charge in [-0.25, -0.2) is 0 Å². The summed E-state index contributed by atoms with van der Waals surface area (Å²) in [6, 6.07) is 9.16. The Morgan fingerprint density at radius 1 is 1.17 bits per heavy atom. The summed E-state index contributed by atoms with van der Waals surface area (Å²) in [6.07, 6.45) is 1.13. The topological polar surface area (TPSA) is 107 Å². The minimum Gasteiger partial charge on any atom is -0.491 e. The zero-order valence-electron chi connectivity index (χ0n) is 14.0. The standard InChI is InChI=1S/C17H28O6P/c1-24(21,22)13-14(11-15(19)9-10-18)7-8-16(20)12-23-17-5-3-2-4-6-17/h2-6,11,14-16,18-20H,7-10,12-13H2,1H3,(H,21,22). The van der Waals surface area contributed by atoms with Crippen LogP contribution in [0.1, 0.15) is 19.3 Å². The molecule has 7 heteroatoms. The smallest absolute Gasteiger partial charge is 0.197 e. The summed E-state index contributed by atoms with van der Waals surface area (Å²) in [7, 11) is -3.24. The molecule has 0 amide bonds. The van der Waals surface area contributed by atoms with Crippen LogP contribution < -0.4 is 4.74 Å². The molecule has 0 heterocycles. The molecule has 1 radical (unpaired) electrons. The molecule has 24 heavy (non-hydrogen) atoms. The Morgan fingerprint density at radius 3 is 2.42 bits per heavy atom. The second-order valence-corrected chi connectivity index (χ2v) is 8.59. The molecule has 4 N–H and O–H groups in total. The third kappa shape index (κ3) is 10.1. The minimum absolute atomic E-state index is 0.0434. The maximum atomic E-state index is 11.6. The zero-order valence-corrected chi connectivity index (χ0v) is 14.9. The van der Waals surface area contributed by atoms with E-state index in [1.54, 1.807) is 18.6 Å². The van der Waals surface area contributed by atoms with Gasteiger partial charge in [0.2, 0.25) is 0 Å². The van der Waals surface area contributed by atoms with Gasteiger partial charge in [-0.2, -0.15) is 0 Å². The highest BCUT2D eigenvalue weighted by Gasteiger charge is 2.23. The van der Waals surface area contributed by atoms with Gasteiger partial charge in [-0.3, -0.25) is 4.57 Å². The van der Waals surface area contributed by atoms with Crippen LogP contribution in [0.4, 0.5) is 0 Å². The lowest BCUT2D eigenvalue weighted by molar-refractivity contribution is 0.0929. The molecule has 0 spiro atoms. The number of hydrogen-bond donors (Lipinski definition) is 4. The summed E-state index contributed by atoms with van der Waals surface area (Å²) in [5, 5.41) is 28.6. The van der Waals surface area contributed by atoms with Gasteiger partial charge in [0, 0.05) is 19.4 Å². The van der Waals surface area contributed by atoms with E-state index in [9.17, 15) is 19.7 Å². The summed E-state index contributed by atoms with van der Waals surface area (Å²) in [4.78, 5) is 9.57. The predicted molar refractivity (Wildman–Crippen MR) is 93.3 cm³/mol. The van der Waals surface area contributed by atoms with Gasteiger partial charge in [-0.15, -0.1) is 0 Å². The minimum atomic E-state index is -3.24. The second-order valence-electron chi connectivity index (χ2n) is 6.12. The molecule has 6 nitrogen and oxygen atoms in total. The Kier molecular flexibility index (Phi) is 9.56. The van der Waals surface area contributed by atoms with Gasteiger partial charge in [-0.1, -0.05) is 18.2 Å². The van der Waals surface area contributed by atoms with Crippen molar-refractivity contribution in [3.8, 4) is 5.75 Å². The van der Waals surface area contributed by atoms with Crippen LogP contribution in [-0.2, 0) is 4.57 Å². The first kappa shape index (κ1) is 21.1. The van der Waals surface area contributed by atoms with Crippen LogP contribution in [0.15, 0.2) is 30.3 Å². The van der Waals surface area contributed by atoms with Gasteiger partial charge >= 0.3 is 0 Å². The maximum Gasteiger partial charge on any atom is 0.197 e. The van der Waals surface area contributed by atoms with E-state index in [4.69, 9.17) is 9.84 Å². The van der Waals surface area contributed by atoms with Crippen molar-refractivity contribution in [3.63, 3.8) is 0 Å². The summed E-state index contributed by atoms with van der Waals surface area (Å²) in [6.45, 7) is 1.26. The summed E-state index contributed by atoms with van der Waals surface area (Å²) >= 11 is 0. The lowest BCUT2D eigenvalue weighted by atomic mass is 9.95. The molecule has 1 aromatic rings. The zero-order chi connectivity index (χ0) is 18.0. The Bertz CT molecular complexity index is 489. The number of aliphatic hydroxyl groups excluding tert-OH is 3. The lowest BCUT2D eigenvalue weighted by Crippen LogP contribution is -2.23. The average Bonchev–Trinajstić information content (AvgIpc) is 2.50. The fourth-order valence-corrected chi connectivity index (χ4v) is 3.60. The van der Waals surface area contributed by atoms with Crippen molar-refractivity contribution in [1.82, 2.24) is 0 Å². The fraction of sp³-hybridized carbons (Fsp3) is 0.588. The molecule has 4 unspecified atom stereocenters. The Hall–Kier alpha value is -0.910. The van der Waals surface area contributed by atoms with Crippen molar-refractivity contribution in [2.75, 3.05) is 26.0 Å². The molecule has 0 aliphatic heterocycles. The third-order valence-electron chi connectivity index (χ3n) is 3.55. The monoisotopic (exact) mass is 359 g/mol. The van der Waals surface area contributed by atoms with Gasteiger partial charge in [0.25, 0.3) is 0 Å². The Balaban J connectivity index is 2.42. The molecule has 0 bridgehead atoms. The first-order valence-corrected chi connectivity index (χ1v) is 10.4. The molecule has 0 saturated heterocycles. The molecule has 1 rings (SSSR count). The molecule has 0 aliphatic carbocycles. The normalized spacial score (nSPS) is 17.7. The van der Waals surface area contributed by atoms with Crippen molar-refractivity contribution in [1.29, 1.82) is 0 Å². The van der Waals surface area contributed by atoms with Crippen LogP contribution in [0.25, 0.3) is 0 Å². The fourth-order valence-electron chi connectivity index (χ4n) is 2.43. The van der Waals surface area contributed by atoms with Gasteiger partial charge in [-0.05, 0) is 43.7 Å². The molecular formula is C17H28O6P. The van der Waals surface area contributed by atoms with Crippen molar-refractivity contribution in [3.05, 3.63) is 36.8 Å². The number of para-hydroxylation sites is 1. The maximum absolute atomic E-state index is 11.6. The van der Waals surface area contributed by atoms with E-state index in [1.165, 1.54) is 6.66 Å². The highest BCUT2D eigenvalue weighted by atomic mass is 31.2. The molecule has 0 aliphatic rings. The highest BCUT2D eigenvalue weighted by Crippen LogP contribution is 2.40. The van der Waals surface area contributed by atoms with E-state index >= 15 is 0 Å². The summed E-state index contributed by atoms with van der Waals surface area (Å²) < 4.78 is 17.1. The number of rotatable bonds is 12. The van der Waals surface area contributed by atoms with Crippen LogP contribution in [0.5, 0.6) is 5.75 Å². The average molecular weight is 359 g/mol. The highest BCUT2D eigenvalue weighted by molar-refractivity contribution is 7.57. The quantitative estimate of drug-likeness (QED) is 0.423. The first-order chi connectivity index (χ1) is 11.3. The van der Waals surface area contributed by atoms with Crippen LogP contribution in [-0.4, -0.2) is 58.5 Å². The molecule has 0 fully saturated rings. The Morgan fingerprint density at radius 2 is 1.83 bits per heavy atom. The van der Waals surface area contributed by atoms with E-state index in [1.807, 2.05) is 18.2 Å². The number of aliphatic hydroxyl groups is 3. The van der Waals surface area contributed by atoms with Crippen molar-refractivity contribution in [2.24, 2.45) is 5.92 Å². The lowest BCUT2D eigenvalue weighted by Gasteiger charge is -2.22. The first-order valence-electron chi connectivity index (χ1n) is 8.09. The predicted octanol–water partition coefficient (Wildman–Crippen LogP) is 1.67. The van der Waals surface area contributed by atoms with E-state index < -0.39 is 19.6 Å². The largest absolute Gasteiger partial charge is 0.491 e. The molecule has 0 saturated carbocycles. The van der Waals surface area contributed by atoms with Crippen molar-refractivity contribution >= 4 is 7.37 Å². The molecule has 1 aromatic carbocycles. The van der Waals surface area contributed by atoms with Crippen LogP contribution in [0.3, 0.4) is 0 Å². The van der Waals surface area contributed by atoms with Gasteiger partial charge in [0.15, 0.2) is 7.37 Å². The third-order valence-corrected chi connectivity index (χ3v) is 4.70. The van der Waals surface area contributed by atoms with Crippen LogP contribution in [0.2, 0.25) is 0 Å². The summed E-state index contributed by atoms with van der Waals surface area (Å²) in [5.74, 6) is 0.366.